The molecule has 0 heteroatoms. The molecule has 0 aliphatic heterocycles. The highest BCUT2D eigenvalue weighted by atomic mass is 13.7. The van der Waals surface area contributed by atoms with E-state index in [-0.39, 0.29) is 0 Å². The second-order valence-electron chi connectivity index (χ2n) is 1.52. The van der Waals surface area contributed by atoms with E-state index in [0.717, 1.165) is 12.8 Å². The molecule has 0 aromatic heterocycles. The topological polar surface area (TPSA) is 0 Å². The minimum absolute atomic E-state index is 0.966. The van der Waals surface area contributed by atoms with Crippen molar-refractivity contribution in [2.75, 3.05) is 0 Å². The third kappa shape index (κ3) is 5.22. The molecule has 0 saturated carbocycles. The van der Waals surface area contributed by atoms with Crippen molar-refractivity contribution in [2.45, 2.75) is 12.8 Å². The summed E-state index contributed by atoms with van der Waals surface area (Å²) in [5.74, 6) is 0. The zero-order valence-corrected chi connectivity index (χ0v) is 5.14. The highest BCUT2D eigenvalue weighted by Crippen LogP contribution is 1.86. The molecule has 0 amide bonds. The minimum atomic E-state index is 0.966. The van der Waals surface area contributed by atoms with Crippen LogP contribution in [0, 0.1) is 0 Å². The van der Waals surface area contributed by atoms with Gasteiger partial charge < -0.3 is 0 Å². The van der Waals surface area contributed by atoms with Crippen molar-refractivity contribution in [3.05, 3.63) is 37.5 Å². The molecule has 0 bridgehead atoms. The number of allylic oxidation sites excluding steroid dienone is 4. The van der Waals surface area contributed by atoms with E-state index in [1.165, 1.54) is 0 Å². The predicted octanol–water partition coefficient (Wildman–Crippen LogP) is 2.69. The van der Waals surface area contributed by atoms with Crippen LogP contribution in [0.25, 0.3) is 0 Å². The van der Waals surface area contributed by atoms with Crippen molar-refractivity contribution in [1.29, 1.82) is 0 Å². The second kappa shape index (κ2) is 6.22. The quantitative estimate of drug-likeness (QED) is 0.486. The van der Waals surface area contributed by atoms with E-state index in [1.54, 1.807) is 0 Å². The molecule has 0 fully saturated rings. The molecule has 0 atom stereocenters. The Morgan fingerprint density at radius 2 is 1.25 bits per heavy atom. The molecule has 0 aromatic carbocycles. The summed E-state index contributed by atoms with van der Waals surface area (Å²) in [5.41, 5.74) is 0. The molecule has 44 valence electrons. The molecular formula is C8H12. The van der Waals surface area contributed by atoms with Crippen LogP contribution in [0.1, 0.15) is 12.8 Å². The van der Waals surface area contributed by atoms with Crippen molar-refractivity contribution in [3.63, 3.8) is 0 Å². The van der Waals surface area contributed by atoms with Gasteiger partial charge in [-0.05, 0) is 12.8 Å². The van der Waals surface area contributed by atoms with E-state index >= 15 is 0 Å². The molecule has 0 spiro atoms. The molecule has 0 rings (SSSR count). The first-order chi connectivity index (χ1) is 3.91. The lowest BCUT2D eigenvalue weighted by Gasteiger charge is -1.77. The molecule has 0 aromatic rings. The van der Waals surface area contributed by atoms with E-state index in [9.17, 15) is 0 Å². The monoisotopic (exact) mass is 108 g/mol. The maximum atomic E-state index is 3.58. The van der Waals surface area contributed by atoms with Gasteiger partial charge in [0.25, 0.3) is 0 Å². The average molecular weight is 108 g/mol. The van der Waals surface area contributed by atoms with Gasteiger partial charge in [-0.15, -0.1) is 13.2 Å². The summed E-state index contributed by atoms with van der Waals surface area (Å²) in [6, 6.07) is 0. The summed E-state index contributed by atoms with van der Waals surface area (Å²) < 4.78 is 0. The van der Waals surface area contributed by atoms with Gasteiger partial charge in [0.1, 0.15) is 0 Å². The van der Waals surface area contributed by atoms with Crippen molar-refractivity contribution in [2.24, 2.45) is 0 Å². The van der Waals surface area contributed by atoms with Gasteiger partial charge in [-0.25, -0.2) is 0 Å². The zero-order chi connectivity index (χ0) is 6.24. The van der Waals surface area contributed by atoms with Crippen LogP contribution >= 0.6 is 0 Å². The SMILES string of the molecule is C=CC/C=C\CC=C. The van der Waals surface area contributed by atoms with Gasteiger partial charge >= 0.3 is 0 Å². The van der Waals surface area contributed by atoms with Crippen molar-refractivity contribution in [1.82, 2.24) is 0 Å². The van der Waals surface area contributed by atoms with Crippen LogP contribution in [0.4, 0.5) is 0 Å². The Labute approximate surface area is 51.2 Å². The van der Waals surface area contributed by atoms with Gasteiger partial charge in [0, 0.05) is 0 Å². The summed E-state index contributed by atoms with van der Waals surface area (Å²) in [5, 5.41) is 0. The molecule has 8 heavy (non-hydrogen) atoms. The Kier molecular flexibility index (Phi) is 5.61. The Morgan fingerprint density at radius 3 is 1.50 bits per heavy atom. The summed E-state index contributed by atoms with van der Waals surface area (Å²) in [7, 11) is 0. The number of rotatable bonds is 4. The van der Waals surface area contributed by atoms with E-state index in [1.807, 2.05) is 12.2 Å². The van der Waals surface area contributed by atoms with E-state index < -0.39 is 0 Å². The fourth-order valence-corrected chi connectivity index (χ4v) is 0.385. The highest BCUT2D eigenvalue weighted by molar-refractivity contribution is 4.92. The summed E-state index contributed by atoms with van der Waals surface area (Å²) in [4.78, 5) is 0. The predicted molar refractivity (Wildman–Crippen MR) is 38.8 cm³/mol. The lowest BCUT2D eigenvalue weighted by Crippen LogP contribution is -1.56. The smallest absolute Gasteiger partial charge is 0.0172 e. The van der Waals surface area contributed by atoms with Gasteiger partial charge in [0.05, 0.1) is 0 Å². The average Bonchev–Trinajstić information content (AvgIpc) is 1.81. The third-order valence-corrected chi connectivity index (χ3v) is 0.772. The molecule has 0 radical (unpaired) electrons. The second-order valence-corrected chi connectivity index (χ2v) is 1.52. The fourth-order valence-electron chi connectivity index (χ4n) is 0.385. The Morgan fingerprint density at radius 1 is 0.875 bits per heavy atom. The first-order valence-electron chi connectivity index (χ1n) is 2.78. The molecule has 0 N–H and O–H groups in total. The van der Waals surface area contributed by atoms with E-state index in [4.69, 9.17) is 0 Å². The zero-order valence-electron chi connectivity index (χ0n) is 5.14. The molecule has 0 aliphatic carbocycles. The van der Waals surface area contributed by atoms with Crippen LogP contribution in [0.15, 0.2) is 37.5 Å². The molecule has 0 aliphatic rings. The third-order valence-electron chi connectivity index (χ3n) is 0.772. The molecule has 0 unspecified atom stereocenters. The van der Waals surface area contributed by atoms with Crippen LogP contribution in [0.5, 0.6) is 0 Å². The number of hydrogen-bond acceptors (Lipinski definition) is 0. The van der Waals surface area contributed by atoms with Crippen LogP contribution < -0.4 is 0 Å². The Bertz CT molecular complexity index is 76.2. The van der Waals surface area contributed by atoms with Gasteiger partial charge in [-0.1, -0.05) is 24.3 Å². The molecule has 0 nitrogen and oxygen atoms in total. The molecule has 0 saturated heterocycles. The maximum absolute atomic E-state index is 3.58. The van der Waals surface area contributed by atoms with Crippen LogP contribution in [-0.4, -0.2) is 0 Å². The fraction of sp³-hybridized carbons (Fsp3) is 0.250. The van der Waals surface area contributed by atoms with Gasteiger partial charge in [-0.2, -0.15) is 0 Å². The van der Waals surface area contributed by atoms with E-state index in [0.29, 0.717) is 0 Å². The van der Waals surface area contributed by atoms with E-state index in [2.05, 4.69) is 25.3 Å². The first-order valence-corrected chi connectivity index (χ1v) is 2.78. The molecule has 0 heterocycles. The normalized spacial score (nSPS) is 9.50. The van der Waals surface area contributed by atoms with Gasteiger partial charge in [-0.3, -0.25) is 0 Å². The van der Waals surface area contributed by atoms with Gasteiger partial charge in [0.2, 0.25) is 0 Å². The lowest BCUT2D eigenvalue weighted by molar-refractivity contribution is 1.32. The maximum Gasteiger partial charge on any atom is -0.0172 e. The summed E-state index contributed by atoms with van der Waals surface area (Å²) in [6.07, 6.45) is 9.84. The van der Waals surface area contributed by atoms with Crippen LogP contribution in [0.2, 0.25) is 0 Å². The minimum Gasteiger partial charge on any atom is -0.103 e. The van der Waals surface area contributed by atoms with Crippen molar-refractivity contribution < 1.29 is 0 Å². The van der Waals surface area contributed by atoms with Crippen LogP contribution in [-0.2, 0) is 0 Å². The molecular weight excluding hydrogens is 96.1 g/mol. The lowest BCUT2D eigenvalue weighted by atomic mass is 10.3. The van der Waals surface area contributed by atoms with Gasteiger partial charge in [0.15, 0.2) is 0 Å². The van der Waals surface area contributed by atoms with Crippen LogP contribution in [0.3, 0.4) is 0 Å². The Hall–Kier alpha value is -0.780. The Balaban J connectivity index is 3.06. The van der Waals surface area contributed by atoms with Crippen molar-refractivity contribution in [3.8, 4) is 0 Å². The highest BCUT2D eigenvalue weighted by Gasteiger charge is 1.65. The standard InChI is InChI=1S/C8H12/c1-3-5-7-8-6-4-2/h3-4,7-8H,1-2,5-6H2/b8-7-. The number of hydrogen-bond donors (Lipinski definition) is 0. The summed E-state index contributed by atoms with van der Waals surface area (Å²) in [6.45, 7) is 7.16. The first kappa shape index (κ1) is 7.22. The summed E-state index contributed by atoms with van der Waals surface area (Å²) >= 11 is 0. The van der Waals surface area contributed by atoms with Crippen molar-refractivity contribution >= 4 is 0 Å². The largest absolute Gasteiger partial charge is 0.103 e.